The molecule has 0 aliphatic carbocycles. The van der Waals surface area contributed by atoms with E-state index in [4.69, 9.17) is 5.84 Å². The van der Waals surface area contributed by atoms with E-state index in [2.05, 4.69) is 16.9 Å². The van der Waals surface area contributed by atoms with Crippen molar-refractivity contribution in [3.63, 3.8) is 0 Å². The van der Waals surface area contributed by atoms with E-state index in [1.165, 1.54) is 5.01 Å². The summed E-state index contributed by atoms with van der Waals surface area (Å²) in [6.07, 6.45) is 0.867. The first-order valence-electron chi connectivity index (χ1n) is 6.64. The molecule has 0 bridgehead atoms. The molecule has 0 atom stereocenters. The fraction of sp³-hybridized carbons (Fsp3) is 0.357. The smallest absolute Gasteiger partial charge is 0.282 e. The predicted octanol–water partition coefficient (Wildman–Crippen LogP) is 1.20. The molecule has 0 aliphatic rings. The van der Waals surface area contributed by atoms with Crippen LogP contribution in [0.2, 0.25) is 0 Å². The van der Waals surface area contributed by atoms with Crippen molar-refractivity contribution in [3.05, 3.63) is 40.3 Å². The van der Waals surface area contributed by atoms with Gasteiger partial charge < -0.3 is 0 Å². The van der Waals surface area contributed by atoms with Gasteiger partial charge in [0.2, 0.25) is 5.95 Å². The Balaban J connectivity index is 2.74. The van der Waals surface area contributed by atoms with Gasteiger partial charge in [-0.25, -0.2) is 10.6 Å². The van der Waals surface area contributed by atoms with Crippen LogP contribution in [0.15, 0.2) is 29.1 Å². The Kier molecular flexibility index (Phi) is 4.14. The first-order valence-corrected chi connectivity index (χ1v) is 6.64. The van der Waals surface area contributed by atoms with Gasteiger partial charge in [0, 0.05) is 19.2 Å². The third kappa shape index (κ3) is 2.55. The lowest BCUT2D eigenvalue weighted by Crippen LogP contribution is -2.33. The van der Waals surface area contributed by atoms with Gasteiger partial charge >= 0.3 is 5.69 Å². The van der Waals surface area contributed by atoms with E-state index in [-0.39, 0.29) is 11.6 Å². The molecule has 0 unspecified atom stereocenters. The Hall–Kier alpha value is -2.21. The van der Waals surface area contributed by atoms with Gasteiger partial charge in [-0.1, -0.05) is 31.2 Å². The number of benzene rings is 1. The summed E-state index contributed by atoms with van der Waals surface area (Å²) < 4.78 is 1.56. The maximum atomic E-state index is 12.1. The highest BCUT2D eigenvalue weighted by atomic mass is 16.1. The quantitative estimate of drug-likeness (QED) is 0.669. The molecule has 0 spiro atoms. The molecule has 2 aromatic rings. The first-order chi connectivity index (χ1) is 9.58. The molecule has 1 aromatic heterocycles. The van der Waals surface area contributed by atoms with E-state index in [9.17, 15) is 4.79 Å². The van der Waals surface area contributed by atoms with Crippen LogP contribution >= 0.6 is 0 Å². The number of hydrazine groups is 1. The van der Waals surface area contributed by atoms with Crippen LogP contribution in [0.1, 0.15) is 19.4 Å². The topological polar surface area (TPSA) is 77.0 Å². The lowest BCUT2D eigenvalue weighted by atomic mass is 10.0. The second-order valence-corrected chi connectivity index (χ2v) is 4.50. The zero-order valence-corrected chi connectivity index (χ0v) is 12.0. The Morgan fingerprint density at radius 3 is 2.55 bits per heavy atom. The van der Waals surface area contributed by atoms with Crippen molar-refractivity contribution in [1.82, 2.24) is 14.5 Å². The van der Waals surface area contributed by atoms with Crippen molar-refractivity contribution in [1.29, 1.82) is 0 Å². The molecule has 6 nitrogen and oxygen atoms in total. The second-order valence-electron chi connectivity index (χ2n) is 4.50. The number of nitrogens with two attached hydrogens (primary N) is 1. The van der Waals surface area contributed by atoms with Crippen molar-refractivity contribution < 1.29 is 0 Å². The third-order valence-corrected chi connectivity index (χ3v) is 3.16. The van der Waals surface area contributed by atoms with E-state index in [1.54, 1.807) is 11.6 Å². The molecule has 0 amide bonds. The van der Waals surface area contributed by atoms with Crippen LogP contribution in [0.4, 0.5) is 5.95 Å². The highest BCUT2D eigenvalue weighted by molar-refractivity contribution is 5.61. The van der Waals surface area contributed by atoms with Crippen LogP contribution in [0.3, 0.4) is 0 Å². The van der Waals surface area contributed by atoms with Gasteiger partial charge in [0.15, 0.2) is 0 Å². The van der Waals surface area contributed by atoms with Gasteiger partial charge in [-0.3, -0.25) is 9.58 Å². The molecule has 2 N–H and O–H groups in total. The molecule has 2 rings (SSSR count). The van der Waals surface area contributed by atoms with E-state index >= 15 is 0 Å². The molecule has 0 saturated heterocycles. The standard InChI is InChI=1S/C14H19N5O/c1-4-10-8-6-7-9-11(10)12-16-13(18(3)15)17-14(20)19(12)5-2/h6-9H,4-5,15H2,1-3H3. The molecule has 0 fully saturated rings. The van der Waals surface area contributed by atoms with Gasteiger partial charge in [-0.05, 0) is 18.9 Å². The van der Waals surface area contributed by atoms with Crippen LogP contribution in [-0.4, -0.2) is 21.6 Å². The molecule has 0 aliphatic heterocycles. The lowest BCUT2D eigenvalue weighted by Gasteiger charge is -2.16. The van der Waals surface area contributed by atoms with E-state index in [1.807, 2.05) is 31.2 Å². The van der Waals surface area contributed by atoms with Crippen molar-refractivity contribution in [2.75, 3.05) is 12.1 Å². The van der Waals surface area contributed by atoms with E-state index in [0.717, 1.165) is 17.5 Å². The van der Waals surface area contributed by atoms with Gasteiger partial charge in [-0.2, -0.15) is 9.97 Å². The SMILES string of the molecule is CCc1ccccc1-c1nc(N(C)N)nc(=O)n1CC. The Labute approximate surface area is 117 Å². The summed E-state index contributed by atoms with van der Waals surface area (Å²) in [6.45, 7) is 4.49. The molecule has 0 saturated carbocycles. The van der Waals surface area contributed by atoms with Gasteiger partial charge in [0.1, 0.15) is 5.82 Å². The maximum Gasteiger partial charge on any atom is 0.352 e. The van der Waals surface area contributed by atoms with Crippen molar-refractivity contribution in [2.45, 2.75) is 26.8 Å². The zero-order chi connectivity index (χ0) is 14.7. The highest BCUT2D eigenvalue weighted by Crippen LogP contribution is 2.22. The summed E-state index contributed by atoms with van der Waals surface area (Å²) in [5, 5.41) is 1.25. The summed E-state index contributed by atoms with van der Waals surface area (Å²) in [6, 6.07) is 7.92. The first kappa shape index (κ1) is 14.2. The molecule has 6 heteroatoms. The van der Waals surface area contributed by atoms with Gasteiger partial charge in [0.05, 0.1) is 0 Å². The van der Waals surface area contributed by atoms with Crippen molar-refractivity contribution >= 4 is 5.95 Å². The normalized spacial score (nSPS) is 10.6. The fourth-order valence-corrected chi connectivity index (χ4v) is 2.11. The van der Waals surface area contributed by atoms with Crippen molar-refractivity contribution in [3.8, 4) is 11.4 Å². The van der Waals surface area contributed by atoms with Crippen LogP contribution in [-0.2, 0) is 13.0 Å². The summed E-state index contributed by atoms with van der Waals surface area (Å²) in [4.78, 5) is 20.4. The number of rotatable bonds is 4. The van der Waals surface area contributed by atoms with Crippen LogP contribution in [0.5, 0.6) is 0 Å². The number of hydrogen-bond donors (Lipinski definition) is 1. The number of aromatic nitrogens is 3. The lowest BCUT2D eigenvalue weighted by molar-refractivity contribution is 0.679. The minimum Gasteiger partial charge on any atom is -0.282 e. The van der Waals surface area contributed by atoms with Gasteiger partial charge in [0.25, 0.3) is 0 Å². The van der Waals surface area contributed by atoms with E-state index in [0.29, 0.717) is 12.4 Å². The monoisotopic (exact) mass is 273 g/mol. The van der Waals surface area contributed by atoms with Crippen LogP contribution in [0.25, 0.3) is 11.4 Å². The van der Waals surface area contributed by atoms with Gasteiger partial charge in [-0.15, -0.1) is 0 Å². The molecule has 1 aromatic carbocycles. The minimum atomic E-state index is -0.337. The average molecular weight is 273 g/mol. The second kappa shape index (κ2) is 5.83. The van der Waals surface area contributed by atoms with E-state index < -0.39 is 0 Å². The highest BCUT2D eigenvalue weighted by Gasteiger charge is 2.14. The Bertz CT molecular complexity index is 663. The van der Waals surface area contributed by atoms with Crippen LogP contribution < -0.4 is 16.5 Å². The van der Waals surface area contributed by atoms with Crippen LogP contribution in [0, 0.1) is 0 Å². The molecule has 20 heavy (non-hydrogen) atoms. The number of nitrogens with zero attached hydrogens (tertiary/aromatic N) is 4. The van der Waals surface area contributed by atoms with Crippen molar-refractivity contribution in [2.24, 2.45) is 5.84 Å². The molecular formula is C14H19N5O. The minimum absolute atomic E-state index is 0.223. The maximum absolute atomic E-state index is 12.1. The molecule has 106 valence electrons. The zero-order valence-electron chi connectivity index (χ0n) is 12.0. The molecule has 1 heterocycles. The Morgan fingerprint density at radius 1 is 1.25 bits per heavy atom. The summed E-state index contributed by atoms with van der Waals surface area (Å²) in [5.41, 5.74) is 1.74. The fourth-order valence-electron chi connectivity index (χ4n) is 2.11. The number of hydrogen-bond acceptors (Lipinski definition) is 5. The number of aryl methyl sites for hydroxylation is 1. The largest absolute Gasteiger partial charge is 0.352 e. The predicted molar refractivity (Wildman–Crippen MR) is 79.4 cm³/mol. The molecular weight excluding hydrogens is 254 g/mol. The summed E-state index contributed by atoms with van der Waals surface area (Å²) in [5.74, 6) is 6.48. The number of anilines is 1. The molecule has 0 radical (unpaired) electrons. The Morgan fingerprint density at radius 2 is 1.95 bits per heavy atom. The third-order valence-electron chi connectivity index (χ3n) is 3.16. The average Bonchev–Trinajstić information content (AvgIpc) is 2.46. The summed E-state index contributed by atoms with van der Waals surface area (Å²) in [7, 11) is 1.61. The summed E-state index contributed by atoms with van der Waals surface area (Å²) >= 11 is 0.